The van der Waals surface area contributed by atoms with Gasteiger partial charge in [-0.3, -0.25) is 19.9 Å². The van der Waals surface area contributed by atoms with Crippen LogP contribution in [0.1, 0.15) is 5.56 Å². The summed E-state index contributed by atoms with van der Waals surface area (Å²) in [4.78, 5) is 15.4. The Hall–Kier alpha value is -1.02. The molecule has 0 aromatic heterocycles. The van der Waals surface area contributed by atoms with E-state index in [2.05, 4.69) is 31.0 Å². The highest BCUT2D eigenvalue weighted by Crippen LogP contribution is 2.24. The van der Waals surface area contributed by atoms with Crippen LogP contribution in [-0.4, -0.2) is 60.0 Å². The van der Waals surface area contributed by atoms with Crippen LogP contribution in [0.25, 0.3) is 0 Å². The Labute approximate surface area is 132 Å². The van der Waals surface area contributed by atoms with E-state index in [4.69, 9.17) is 0 Å². The second-order valence-corrected chi connectivity index (χ2v) is 6.51. The summed E-state index contributed by atoms with van der Waals surface area (Å²) in [6.07, 6.45) is 0. The first kappa shape index (κ1) is 14.9. The van der Waals surface area contributed by atoms with Crippen LogP contribution in [0.5, 0.6) is 0 Å². The van der Waals surface area contributed by atoms with Gasteiger partial charge in [0.15, 0.2) is 0 Å². The van der Waals surface area contributed by atoms with Crippen LogP contribution in [0.2, 0.25) is 0 Å². The van der Waals surface area contributed by atoms with Crippen molar-refractivity contribution in [2.45, 2.75) is 12.6 Å². The van der Waals surface area contributed by atoms with E-state index < -0.39 is 0 Å². The Morgan fingerprint density at radius 1 is 1.29 bits per heavy atom. The Morgan fingerprint density at radius 3 is 2.52 bits per heavy atom. The lowest BCUT2D eigenvalue weighted by Gasteiger charge is -2.43. The van der Waals surface area contributed by atoms with Gasteiger partial charge in [-0.1, -0.05) is 15.9 Å². The van der Waals surface area contributed by atoms with Crippen LogP contribution in [0.15, 0.2) is 22.7 Å². The molecule has 0 atom stereocenters. The predicted octanol–water partition coefficient (Wildman–Crippen LogP) is 1.45. The topological polar surface area (TPSA) is 61.7 Å². The SMILES string of the molecule is O=[N+]([O-])c1ccc(CN2CCN(C3CNC3)CC2)c(Br)c1. The van der Waals surface area contributed by atoms with Gasteiger partial charge in [-0.05, 0) is 11.6 Å². The van der Waals surface area contributed by atoms with Crippen molar-refractivity contribution < 1.29 is 4.92 Å². The molecule has 0 spiro atoms. The normalized spacial score (nSPS) is 21.2. The van der Waals surface area contributed by atoms with Gasteiger partial charge in [0, 0.05) is 68.5 Å². The molecule has 0 amide bonds. The number of nitro groups is 1. The van der Waals surface area contributed by atoms with E-state index in [1.807, 2.05) is 6.07 Å². The summed E-state index contributed by atoms with van der Waals surface area (Å²) in [6.45, 7) is 7.41. The second kappa shape index (κ2) is 6.39. The van der Waals surface area contributed by atoms with Gasteiger partial charge in [0.2, 0.25) is 0 Å². The van der Waals surface area contributed by atoms with E-state index in [0.29, 0.717) is 0 Å². The smallest absolute Gasteiger partial charge is 0.270 e. The third-order valence-electron chi connectivity index (χ3n) is 4.32. The highest BCUT2D eigenvalue weighted by molar-refractivity contribution is 9.10. The maximum absolute atomic E-state index is 10.8. The summed E-state index contributed by atoms with van der Waals surface area (Å²) >= 11 is 3.45. The molecule has 2 aliphatic heterocycles. The van der Waals surface area contributed by atoms with E-state index in [9.17, 15) is 10.1 Å². The summed E-state index contributed by atoms with van der Waals surface area (Å²) in [5.74, 6) is 0. The van der Waals surface area contributed by atoms with Gasteiger partial charge >= 0.3 is 0 Å². The largest absolute Gasteiger partial charge is 0.314 e. The predicted molar refractivity (Wildman–Crippen MR) is 84.3 cm³/mol. The Morgan fingerprint density at radius 2 is 2.00 bits per heavy atom. The minimum atomic E-state index is -0.361. The zero-order chi connectivity index (χ0) is 14.8. The van der Waals surface area contributed by atoms with E-state index in [1.165, 1.54) is 0 Å². The quantitative estimate of drug-likeness (QED) is 0.654. The van der Waals surface area contributed by atoms with Crippen molar-refractivity contribution in [3.8, 4) is 0 Å². The Bertz CT molecular complexity index is 528. The molecule has 2 heterocycles. The summed E-state index contributed by atoms with van der Waals surface area (Å²) < 4.78 is 0.822. The van der Waals surface area contributed by atoms with Crippen molar-refractivity contribution in [1.29, 1.82) is 0 Å². The summed E-state index contributed by atoms with van der Waals surface area (Å²) in [5, 5.41) is 14.1. The van der Waals surface area contributed by atoms with Gasteiger partial charge < -0.3 is 5.32 Å². The minimum Gasteiger partial charge on any atom is -0.314 e. The fourth-order valence-corrected chi connectivity index (χ4v) is 3.33. The van der Waals surface area contributed by atoms with Gasteiger partial charge in [-0.25, -0.2) is 0 Å². The number of hydrogen-bond acceptors (Lipinski definition) is 5. The molecule has 1 aromatic rings. The third kappa shape index (κ3) is 3.42. The number of non-ortho nitro benzene ring substituents is 1. The number of nitro benzene ring substituents is 1. The maximum Gasteiger partial charge on any atom is 0.270 e. The van der Waals surface area contributed by atoms with Gasteiger partial charge in [-0.2, -0.15) is 0 Å². The number of nitrogens with zero attached hydrogens (tertiary/aromatic N) is 3. The number of rotatable bonds is 4. The average molecular weight is 355 g/mol. The average Bonchev–Trinajstić information content (AvgIpc) is 2.41. The molecule has 2 aliphatic rings. The lowest BCUT2D eigenvalue weighted by atomic mass is 10.1. The zero-order valence-corrected chi connectivity index (χ0v) is 13.4. The molecule has 0 aliphatic carbocycles. The third-order valence-corrected chi connectivity index (χ3v) is 5.06. The van der Waals surface area contributed by atoms with Gasteiger partial charge in [0.1, 0.15) is 0 Å². The molecule has 0 bridgehead atoms. The lowest BCUT2D eigenvalue weighted by molar-refractivity contribution is -0.384. The van der Waals surface area contributed by atoms with Crippen molar-refractivity contribution in [3.63, 3.8) is 0 Å². The first-order valence-corrected chi connectivity index (χ1v) is 8.03. The number of halogens is 1. The summed E-state index contributed by atoms with van der Waals surface area (Å²) in [6, 6.07) is 5.74. The fourth-order valence-electron chi connectivity index (χ4n) is 2.84. The number of benzene rings is 1. The van der Waals surface area contributed by atoms with Gasteiger partial charge in [0.25, 0.3) is 5.69 Å². The van der Waals surface area contributed by atoms with E-state index in [0.717, 1.165) is 61.9 Å². The molecule has 0 saturated carbocycles. The van der Waals surface area contributed by atoms with Crippen LogP contribution in [-0.2, 0) is 6.54 Å². The minimum absolute atomic E-state index is 0.132. The van der Waals surface area contributed by atoms with Crippen LogP contribution in [0.4, 0.5) is 5.69 Å². The molecule has 114 valence electrons. The molecule has 2 fully saturated rings. The summed E-state index contributed by atoms with van der Waals surface area (Å²) in [5.41, 5.74) is 1.24. The highest BCUT2D eigenvalue weighted by Gasteiger charge is 2.27. The molecular formula is C14H19BrN4O2. The van der Waals surface area contributed by atoms with Crippen molar-refractivity contribution in [1.82, 2.24) is 15.1 Å². The summed E-state index contributed by atoms with van der Waals surface area (Å²) in [7, 11) is 0. The first-order valence-electron chi connectivity index (χ1n) is 7.23. The van der Waals surface area contributed by atoms with E-state index >= 15 is 0 Å². The van der Waals surface area contributed by atoms with E-state index in [1.54, 1.807) is 12.1 Å². The van der Waals surface area contributed by atoms with Crippen molar-refractivity contribution in [2.24, 2.45) is 0 Å². The molecule has 3 rings (SSSR count). The molecule has 1 aromatic carbocycles. The van der Waals surface area contributed by atoms with Crippen LogP contribution in [0.3, 0.4) is 0 Å². The Kier molecular flexibility index (Phi) is 4.54. The molecule has 0 unspecified atom stereocenters. The fraction of sp³-hybridized carbons (Fsp3) is 0.571. The molecule has 1 N–H and O–H groups in total. The molecule has 21 heavy (non-hydrogen) atoms. The lowest BCUT2D eigenvalue weighted by Crippen LogP contribution is -2.61. The standard InChI is InChI=1S/C14H19BrN4O2/c15-14-7-12(19(20)21)2-1-11(14)10-17-3-5-18(6-4-17)13-8-16-9-13/h1-2,7,13,16H,3-6,8-10H2. The van der Waals surface area contributed by atoms with E-state index in [-0.39, 0.29) is 10.6 Å². The Balaban J connectivity index is 1.56. The van der Waals surface area contributed by atoms with Crippen LogP contribution >= 0.6 is 15.9 Å². The van der Waals surface area contributed by atoms with Crippen molar-refractivity contribution >= 4 is 21.6 Å². The maximum atomic E-state index is 10.8. The number of piperazine rings is 1. The van der Waals surface area contributed by atoms with Crippen LogP contribution < -0.4 is 5.32 Å². The molecule has 6 nitrogen and oxygen atoms in total. The molecule has 7 heteroatoms. The monoisotopic (exact) mass is 354 g/mol. The number of hydrogen-bond donors (Lipinski definition) is 1. The van der Waals surface area contributed by atoms with Crippen LogP contribution in [0, 0.1) is 10.1 Å². The highest BCUT2D eigenvalue weighted by atomic mass is 79.9. The van der Waals surface area contributed by atoms with Crippen molar-refractivity contribution in [2.75, 3.05) is 39.3 Å². The second-order valence-electron chi connectivity index (χ2n) is 5.66. The zero-order valence-electron chi connectivity index (χ0n) is 11.8. The van der Waals surface area contributed by atoms with Crippen molar-refractivity contribution in [3.05, 3.63) is 38.3 Å². The van der Waals surface area contributed by atoms with Gasteiger partial charge in [-0.15, -0.1) is 0 Å². The van der Waals surface area contributed by atoms with Gasteiger partial charge in [0.05, 0.1) is 4.92 Å². The molecular weight excluding hydrogens is 336 g/mol. The molecule has 2 saturated heterocycles. The number of nitrogens with one attached hydrogen (secondary N) is 1. The first-order chi connectivity index (χ1) is 10.1. The molecule has 0 radical (unpaired) electrons.